The fraction of sp³-hybridized carbons (Fsp3) is 0.273. The highest BCUT2D eigenvalue weighted by Gasteiger charge is 2.28. The molecule has 0 bridgehead atoms. The molecule has 0 atom stereocenters. The highest BCUT2D eigenvalue weighted by Crippen LogP contribution is 2.37. The molecule has 0 saturated heterocycles. The summed E-state index contributed by atoms with van der Waals surface area (Å²) in [7, 11) is 0. The van der Waals surface area contributed by atoms with Gasteiger partial charge in [-0.15, -0.1) is 16.9 Å². The zero-order valence-electron chi connectivity index (χ0n) is 17.6. The monoisotopic (exact) mass is 447 g/mol. The molecule has 0 spiro atoms. The maximum Gasteiger partial charge on any atom is 0.258 e. The molecule has 5 rings (SSSR count). The van der Waals surface area contributed by atoms with Crippen LogP contribution in [-0.4, -0.2) is 36.3 Å². The van der Waals surface area contributed by atoms with Crippen molar-refractivity contribution in [2.75, 3.05) is 5.32 Å². The molecular formula is C22H21N7O2S. The molecule has 0 aliphatic heterocycles. The molecule has 1 aliphatic carbocycles. The summed E-state index contributed by atoms with van der Waals surface area (Å²) in [5, 5.41) is 19.7. The van der Waals surface area contributed by atoms with Crippen molar-refractivity contribution in [3.63, 3.8) is 0 Å². The zero-order valence-corrected chi connectivity index (χ0v) is 18.5. The third-order valence-electron chi connectivity index (χ3n) is 5.31. The van der Waals surface area contributed by atoms with Crippen LogP contribution in [0.3, 0.4) is 0 Å². The predicted octanol–water partition coefficient (Wildman–Crippen LogP) is 4.22. The van der Waals surface area contributed by atoms with E-state index in [2.05, 4.69) is 31.0 Å². The summed E-state index contributed by atoms with van der Waals surface area (Å²) in [5.74, 6) is 1.89. The number of benzene rings is 1. The van der Waals surface area contributed by atoms with E-state index < -0.39 is 0 Å². The molecule has 32 heavy (non-hydrogen) atoms. The quantitative estimate of drug-likeness (QED) is 0.419. The highest BCUT2D eigenvalue weighted by atomic mass is 32.2. The van der Waals surface area contributed by atoms with Crippen molar-refractivity contribution >= 4 is 23.4 Å². The minimum Gasteiger partial charge on any atom is -0.361 e. The van der Waals surface area contributed by atoms with Crippen molar-refractivity contribution in [3.05, 3.63) is 65.2 Å². The van der Waals surface area contributed by atoms with Gasteiger partial charge >= 0.3 is 0 Å². The van der Waals surface area contributed by atoms with Gasteiger partial charge in [-0.2, -0.15) is 0 Å². The van der Waals surface area contributed by atoms with Crippen LogP contribution in [-0.2, 0) is 5.75 Å². The van der Waals surface area contributed by atoms with Crippen LogP contribution >= 0.6 is 11.8 Å². The van der Waals surface area contributed by atoms with E-state index in [1.165, 1.54) is 11.8 Å². The average Bonchev–Trinajstić information content (AvgIpc) is 3.44. The first-order valence-electron chi connectivity index (χ1n) is 10.3. The highest BCUT2D eigenvalue weighted by molar-refractivity contribution is 7.98. The molecule has 10 heteroatoms. The average molecular weight is 448 g/mol. The minimum absolute atomic E-state index is 0.224. The summed E-state index contributed by atoms with van der Waals surface area (Å²) in [6.07, 6.45) is 3.86. The molecular weight excluding hydrogens is 426 g/mol. The van der Waals surface area contributed by atoms with Crippen molar-refractivity contribution in [1.82, 2.24) is 30.3 Å². The van der Waals surface area contributed by atoms with Crippen molar-refractivity contribution in [1.29, 1.82) is 0 Å². The van der Waals surface area contributed by atoms with Gasteiger partial charge < -0.3 is 9.84 Å². The first-order valence-corrected chi connectivity index (χ1v) is 11.3. The number of hydrogen-bond acceptors (Lipinski definition) is 8. The maximum absolute atomic E-state index is 13.1. The molecule has 0 unspecified atom stereocenters. The molecule has 1 aliphatic rings. The van der Waals surface area contributed by atoms with Crippen LogP contribution in [0, 0.1) is 13.8 Å². The molecule has 1 saturated carbocycles. The number of amides is 1. The Labute approximate surface area is 188 Å². The number of carbonyl (C=O) groups is 1. The Morgan fingerprint density at radius 3 is 2.91 bits per heavy atom. The molecule has 162 valence electrons. The molecule has 0 radical (unpaired) electrons. The van der Waals surface area contributed by atoms with Gasteiger partial charge in [0.05, 0.1) is 17.3 Å². The summed E-state index contributed by atoms with van der Waals surface area (Å²) in [6, 6.07) is 11.5. The number of nitrogens with zero attached hydrogens (tertiary/aromatic N) is 6. The third kappa shape index (κ3) is 4.13. The second-order valence-corrected chi connectivity index (χ2v) is 8.62. The van der Waals surface area contributed by atoms with Crippen LogP contribution in [0.1, 0.15) is 46.3 Å². The van der Waals surface area contributed by atoms with Crippen LogP contribution in [0.2, 0.25) is 0 Å². The number of thioether (sulfide) groups is 1. The van der Waals surface area contributed by atoms with Gasteiger partial charge in [0.1, 0.15) is 10.8 Å². The molecule has 1 amide bonds. The lowest BCUT2D eigenvalue weighted by molar-refractivity contribution is 0.102. The van der Waals surface area contributed by atoms with E-state index in [4.69, 9.17) is 4.52 Å². The van der Waals surface area contributed by atoms with Crippen LogP contribution < -0.4 is 5.32 Å². The SMILES string of the molecule is Cc1noc(C)c1CSc1ncccc1C(=O)Nc1cccc(-c2nnnn2C2CC2)c1. The van der Waals surface area contributed by atoms with Gasteiger partial charge in [0, 0.05) is 28.8 Å². The minimum atomic E-state index is -0.224. The van der Waals surface area contributed by atoms with E-state index in [9.17, 15) is 4.79 Å². The molecule has 3 heterocycles. The van der Waals surface area contributed by atoms with Gasteiger partial charge in [-0.05, 0) is 61.4 Å². The molecule has 1 aromatic carbocycles. The largest absolute Gasteiger partial charge is 0.361 e. The number of pyridine rings is 1. The van der Waals surface area contributed by atoms with Crippen molar-refractivity contribution < 1.29 is 9.32 Å². The number of aryl methyl sites for hydroxylation is 2. The third-order valence-corrected chi connectivity index (χ3v) is 6.35. The van der Waals surface area contributed by atoms with E-state index in [0.717, 1.165) is 35.4 Å². The Morgan fingerprint density at radius 2 is 2.12 bits per heavy atom. The lowest BCUT2D eigenvalue weighted by Crippen LogP contribution is -2.13. The fourth-order valence-corrected chi connectivity index (χ4v) is 4.56. The molecule has 9 nitrogen and oxygen atoms in total. The Hall–Kier alpha value is -3.53. The van der Waals surface area contributed by atoms with Crippen LogP contribution in [0.5, 0.6) is 0 Å². The van der Waals surface area contributed by atoms with E-state index in [1.54, 1.807) is 18.3 Å². The number of tetrazole rings is 1. The molecule has 1 N–H and O–H groups in total. The molecule has 1 fully saturated rings. The number of carbonyl (C=O) groups excluding carboxylic acids is 1. The Morgan fingerprint density at radius 1 is 1.25 bits per heavy atom. The van der Waals surface area contributed by atoms with Crippen molar-refractivity contribution in [2.24, 2.45) is 0 Å². The number of rotatable bonds is 7. The van der Waals surface area contributed by atoms with Crippen LogP contribution in [0.25, 0.3) is 11.4 Å². The van der Waals surface area contributed by atoms with E-state index in [0.29, 0.717) is 33.9 Å². The first-order chi connectivity index (χ1) is 15.6. The lowest BCUT2D eigenvalue weighted by Gasteiger charge is -2.10. The van der Waals surface area contributed by atoms with E-state index in [1.807, 2.05) is 42.8 Å². The summed E-state index contributed by atoms with van der Waals surface area (Å²) >= 11 is 1.48. The number of hydrogen-bond donors (Lipinski definition) is 1. The zero-order chi connectivity index (χ0) is 22.1. The van der Waals surface area contributed by atoms with Gasteiger partial charge in [0.15, 0.2) is 5.82 Å². The lowest BCUT2D eigenvalue weighted by atomic mass is 10.1. The summed E-state index contributed by atoms with van der Waals surface area (Å²) in [6.45, 7) is 3.79. The Balaban J connectivity index is 1.34. The Kier molecular flexibility index (Phi) is 5.44. The van der Waals surface area contributed by atoms with E-state index >= 15 is 0 Å². The van der Waals surface area contributed by atoms with Crippen LogP contribution in [0.4, 0.5) is 5.69 Å². The van der Waals surface area contributed by atoms with Gasteiger partial charge in [-0.3, -0.25) is 4.79 Å². The first kappa shape index (κ1) is 20.4. The normalized spacial score (nSPS) is 13.3. The van der Waals surface area contributed by atoms with Gasteiger partial charge in [-0.1, -0.05) is 17.3 Å². The second-order valence-electron chi connectivity index (χ2n) is 7.66. The summed E-state index contributed by atoms with van der Waals surface area (Å²) < 4.78 is 7.08. The standard InChI is InChI=1S/C22H21N7O2S/c1-13-19(14(2)31-26-13)12-32-22-18(7-4-10-23-22)21(30)24-16-6-3-5-15(11-16)20-25-27-28-29(20)17-8-9-17/h3-7,10-11,17H,8-9,12H2,1-2H3,(H,24,30). The van der Waals surface area contributed by atoms with E-state index in [-0.39, 0.29) is 5.91 Å². The molecule has 3 aromatic heterocycles. The fourth-order valence-electron chi connectivity index (χ4n) is 3.41. The van der Waals surface area contributed by atoms with Crippen LogP contribution in [0.15, 0.2) is 52.1 Å². The Bertz CT molecular complexity index is 1260. The maximum atomic E-state index is 13.1. The topological polar surface area (TPSA) is 112 Å². The van der Waals surface area contributed by atoms with Gasteiger partial charge in [-0.25, -0.2) is 9.67 Å². The number of nitrogens with one attached hydrogen (secondary N) is 1. The van der Waals surface area contributed by atoms with Gasteiger partial charge in [0.25, 0.3) is 5.91 Å². The predicted molar refractivity (Wildman–Crippen MR) is 119 cm³/mol. The summed E-state index contributed by atoms with van der Waals surface area (Å²) in [4.78, 5) is 17.5. The number of aromatic nitrogens is 6. The molecule has 4 aromatic rings. The van der Waals surface area contributed by atoms with Crippen molar-refractivity contribution in [3.8, 4) is 11.4 Å². The second kappa shape index (κ2) is 8.54. The smallest absolute Gasteiger partial charge is 0.258 e. The van der Waals surface area contributed by atoms with Crippen molar-refractivity contribution in [2.45, 2.75) is 43.5 Å². The summed E-state index contributed by atoms with van der Waals surface area (Å²) in [5.41, 5.74) is 3.91. The van der Waals surface area contributed by atoms with Gasteiger partial charge in [0.2, 0.25) is 0 Å². The number of anilines is 1.